The van der Waals surface area contributed by atoms with Crippen LogP contribution in [0.5, 0.6) is 0 Å². The molecule has 0 spiro atoms. The van der Waals surface area contributed by atoms with Crippen molar-refractivity contribution in [2.75, 3.05) is 31.5 Å². The van der Waals surface area contributed by atoms with E-state index in [4.69, 9.17) is 0 Å². The zero-order valence-electron chi connectivity index (χ0n) is 17.3. The summed E-state index contributed by atoms with van der Waals surface area (Å²) in [5.74, 6) is -3.03. The first-order valence-electron chi connectivity index (χ1n) is 10.1. The topological polar surface area (TPSA) is 69.7 Å². The summed E-state index contributed by atoms with van der Waals surface area (Å²) in [5, 5.41) is 3.10. The molecule has 1 aliphatic heterocycles. The molecule has 0 aliphatic carbocycles. The van der Waals surface area contributed by atoms with Crippen LogP contribution in [0.4, 0.5) is 24.5 Å². The fraction of sp³-hybridized carbons (Fsp3) is 0.174. The second-order valence-corrected chi connectivity index (χ2v) is 9.39. The van der Waals surface area contributed by atoms with Crippen molar-refractivity contribution in [2.45, 2.75) is 4.90 Å². The van der Waals surface area contributed by atoms with E-state index in [-0.39, 0.29) is 42.8 Å². The summed E-state index contributed by atoms with van der Waals surface area (Å²) in [5.41, 5.74) is 1.53. The van der Waals surface area contributed by atoms with Crippen LogP contribution in [-0.4, -0.2) is 49.7 Å². The number of carbonyl (C=O) groups excluding carboxylic acids is 1. The minimum Gasteiger partial charge on any atom is -0.355 e. The van der Waals surface area contributed by atoms with Gasteiger partial charge in [-0.15, -0.1) is 0 Å². The number of nitrogens with one attached hydrogen (secondary N) is 1. The number of halogens is 3. The molecule has 4 rings (SSSR count). The normalized spacial score (nSPS) is 14.8. The smallest absolute Gasteiger partial charge is 0.256 e. The maximum Gasteiger partial charge on any atom is 0.256 e. The van der Waals surface area contributed by atoms with Gasteiger partial charge < -0.3 is 10.2 Å². The molecular weight excluding hydrogens is 455 g/mol. The Kier molecular flexibility index (Phi) is 6.39. The molecule has 1 amide bonds. The van der Waals surface area contributed by atoms with E-state index in [1.165, 1.54) is 17.0 Å². The summed E-state index contributed by atoms with van der Waals surface area (Å²) >= 11 is 0. The van der Waals surface area contributed by atoms with Gasteiger partial charge in [0, 0.05) is 31.9 Å². The largest absolute Gasteiger partial charge is 0.355 e. The van der Waals surface area contributed by atoms with Crippen LogP contribution in [0.25, 0.3) is 0 Å². The first kappa shape index (κ1) is 22.8. The van der Waals surface area contributed by atoms with Crippen LogP contribution in [0.1, 0.15) is 10.4 Å². The maximum atomic E-state index is 13.5. The quantitative estimate of drug-likeness (QED) is 0.606. The highest BCUT2D eigenvalue weighted by molar-refractivity contribution is 7.89. The molecule has 0 radical (unpaired) electrons. The molecule has 1 fully saturated rings. The van der Waals surface area contributed by atoms with Crippen LogP contribution in [0, 0.1) is 17.5 Å². The molecule has 0 aromatic heterocycles. The molecule has 10 heteroatoms. The number of hydrogen-bond donors (Lipinski definition) is 1. The van der Waals surface area contributed by atoms with E-state index in [1.807, 2.05) is 0 Å². The van der Waals surface area contributed by atoms with Crippen molar-refractivity contribution in [1.29, 1.82) is 0 Å². The van der Waals surface area contributed by atoms with Crippen molar-refractivity contribution in [3.8, 4) is 0 Å². The summed E-state index contributed by atoms with van der Waals surface area (Å²) in [6.45, 7) is 0.292. The summed E-state index contributed by atoms with van der Waals surface area (Å²) < 4.78 is 66.5. The number of benzene rings is 3. The molecule has 33 heavy (non-hydrogen) atoms. The second kappa shape index (κ2) is 9.24. The lowest BCUT2D eigenvalue weighted by molar-refractivity contribution is 0.0699. The Hall–Kier alpha value is -3.37. The number of para-hydroxylation sites is 1. The van der Waals surface area contributed by atoms with E-state index < -0.39 is 21.7 Å². The van der Waals surface area contributed by atoms with Crippen molar-refractivity contribution < 1.29 is 26.4 Å². The number of anilines is 2. The number of hydrogen-bond acceptors (Lipinski definition) is 4. The molecule has 1 heterocycles. The third-order valence-electron chi connectivity index (χ3n) is 5.34. The predicted octanol–water partition coefficient (Wildman–Crippen LogP) is 3.99. The summed E-state index contributed by atoms with van der Waals surface area (Å²) in [6.07, 6.45) is 0. The van der Waals surface area contributed by atoms with Gasteiger partial charge in [-0.05, 0) is 54.6 Å². The highest BCUT2D eigenvalue weighted by Gasteiger charge is 2.31. The van der Waals surface area contributed by atoms with Gasteiger partial charge in [-0.1, -0.05) is 12.1 Å². The highest BCUT2D eigenvalue weighted by atomic mass is 32.2. The molecule has 0 bridgehead atoms. The SMILES string of the molecule is O=C(c1ccccc1Nc1ccc(F)cc1)N1CCN(S(=O)(=O)c2ccc(F)c(F)c2)CC1. The van der Waals surface area contributed by atoms with Crippen LogP contribution in [0.3, 0.4) is 0 Å². The van der Waals surface area contributed by atoms with E-state index in [1.54, 1.807) is 36.4 Å². The van der Waals surface area contributed by atoms with Crippen molar-refractivity contribution in [3.63, 3.8) is 0 Å². The van der Waals surface area contributed by atoms with Crippen LogP contribution in [-0.2, 0) is 10.0 Å². The van der Waals surface area contributed by atoms with E-state index in [0.717, 1.165) is 16.4 Å². The molecule has 6 nitrogen and oxygen atoms in total. The Morgan fingerprint density at radius 2 is 1.48 bits per heavy atom. The minimum absolute atomic E-state index is 0.0145. The number of rotatable bonds is 5. The lowest BCUT2D eigenvalue weighted by atomic mass is 10.1. The molecular formula is C23H20F3N3O3S. The summed E-state index contributed by atoms with van der Waals surface area (Å²) in [7, 11) is -4.02. The fourth-order valence-corrected chi connectivity index (χ4v) is 4.99. The number of carbonyl (C=O) groups is 1. The Morgan fingerprint density at radius 3 is 2.15 bits per heavy atom. The van der Waals surface area contributed by atoms with E-state index >= 15 is 0 Å². The first-order valence-corrected chi connectivity index (χ1v) is 11.6. The first-order chi connectivity index (χ1) is 15.8. The maximum absolute atomic E-state index is 13.5. The average molecular weight is 475 g/mol. The molecule has 1 saturated heterocycles. The molecule has 0 unspecified atom stereocenters. The number of piperazine rings is 1. The van der Waals surface area contributed by atoms with E-state index in [2.05, 4.69) is 5.32 Å². The lowest BCUT2D eigenvalue weighted by Gasteiger charge is -2.34. The van der Waals surface area contributed by atoms with Gasteiger partial charge in [-0.2, -0.15) is 4.31 Å². The van der Waals surface area contributed by atoms with Gasteiger partial charge in [0.05, 0.1) is 16.1 Å². The highest BCUT2D eigenvalue weighted by Crippen LogP contribution is 2.24. The molecule has 0 saturated carbocycles. The Balaban J connectivity index is 1.47. The minimum atomic E-state index is -4.02. The molecule has 0 atom stereocenters. The number of amides is 1. The number of sulfonamides is 1. The van der Waals surface area contributed by atoms with Gasteiger partial charge >= 0.3 is 0 Å². The molecule has 172 valence electrons. The lowest BCUT2D eigenvalue weighted by Crippen LogP contribution is -2.50. The van der Waals surface area contributed by atoms with Crippen LogP contribution in [0.15, 0.2) is 71.6 Å². The van der Waals surface area contributed by atoms with Crippen molar-refractivity contribution in [3.05, 3.63) is 89.7 Å². The zero-order valence-corrected chi connectivity index (χ0v) is 18.2. The van der Waals surface area contributed by atoms with E-state index in [9.17, 15) is 26.4 Å². The van der Waals surface area contributed by atoms with Gasteiger partial charge in [-0.3, -0.25) is 4.79 Å². The Bertz CT molecular complexity index is 1280. The fourth-order valence-electron chi connectivity index (χ4n) is 3.56. The second-order valence-electron chi connectivity index (χ2n) is 7.45. The summed E-state index contributed by atoms with van der Waals surface area (Å²) in [6, 6.07) is 15.0. The number of nitrogens with zero attached hydrogens (tertiary/aromatic N) is 2. The van der Waals surface area contributed by atoms with Crippen molar-refractivity contribution in [2.24, 2.45) is 0 Å². The predicted molar refractivity (Wildman–Crippen MR) is 117 cm³/mol. The molecule has 1 aliphatic rings. The average Bonchev–Trinajstić information content (AvgIpc) is 2.82. The van der Waals surface area contributed by atoms with Crippen LogP contribution in [0.2, 0.25) is 0 Å². The molecule has 1 N–H and O–H groups in total. The van der Waals surface area contributed by atoms with Gasteiger partial charge in [0.25, 0.3) is 5.91 Å². The molecule has 3 aromatic rings. The zero-order chi connectivity index (χ0) is 23.6. The van der Waals surface area contributed by atoms with Crippen molar-refractivity contribution in [1.82, 2.24) is 9.21 Å². The Morgan fingerprint density at radius 1 is 0.818 bits per heavy atom. The monoisotopic (exact) mass is 475 g/mol. The third kappa shape index (κ3) is 4.86. The Labute approximate surface area is 189 Å². The van der Waals surface area contributed by atoms with Crippen LogP contribution >= 0.6 is 0 Å². The molecule has 3 aromatic carbocycles. The van der Waals surface area contributed by atoms with E-state index in [0.29, 0.717) is 23.0 Å². The summed E-state index contributed by atoms with van der Waals surface area (Å²) in [4.78, 5) is 14.3. The van der Waals surface area contributed by atoms with Gasteiger partial charge in [0.15, 0.2) is 11.6 Å². The van der Waals surface area contributed by atoms with Crippen LogP contribution < -0.4 is 5.32 Å². The standard InChI is InChI=1S/C23H20F3N3O3S/c24-16-5-7-17(8-6-16)27-22-4-2-1-3-19(22)23(30)28-11-13-29(14-12-28)33(31,32)18-9-10-20(25)21(26)15-18/h1-10,15,27H,11-14H2. The van der Waals surface area contributed by atoms with Gasteiger partial charge in [0.2, 0.25) is 10.0 Å². The van der Waals surface area contributed by atoms with Gasteiger partial charge in [-0.25, -0.2) is 21.6 Å². The van der Waals surface area contributed by atoms with Crippen molar-refractivity contribution >= 4 is 27.3 Å². The third-order valence-corrected chi connectivity index (χ3v) is 7.23. The van der Waals surface area contributed by atoms with Gasteiger partial charge in [0.1, 0.15) is 5.82 Å².